The number of nitrogens with zero attached hydrogens (tertiary/aromatic N) is 4. The lowest BCUT2D eigenvalue weighted by molar-refractivity contribution is 0.386. The molecule has 1 saturated carbocycles. The molecule has 1 aliphatic carbocycles. The molecule has 1 aromatic heterocycles. The molecule has 0 unspecified atom stereocenters. The molecule has 7 heteroatoms. The Hall–Kier alpha value is -1.99. The van der Waals surface area contributed by atoms with Gasteiger partial charge in [0.1, 0.15) is 0 Å². The Morgan fingerprint density at radius 1 is 0.871 bits per heavy atom. The van der Waals surface area contributed by atoms with Crippen LogP contribution < -0.4 is 4.90 Å². The molecule has 3 heterocycles. The van der Waals surface area contributed by atoms with Crippen molar-refractivity contribution in [3.05, 3.63) is 47.3 Å². The van der Waals surface area contributed by atoms with E-state index in [1.54, 1.807) is 16.4 Å². The Morgan fingerprint density at radius 2 is 1.58 bits per heavy atom. The van der Waals surface area contributed by atoms with Crippen molar-refractivity contribution in [3.63, 3.8) is 0 Å². The van der Waals surface area contributed by atoms with Crippen molar-refractivity contribution in [2.24, 2.45) is 0 Å². The molecule has 0 bridgehead atoms. The van der Waals surface area contributed by atoms with Crippen LogP contribution in [0.25, 0.3) is 0 Å². The largest absolute Gasteiger partial charge is 0.341 e. The zero-order chi connectivity index (χ0) is 21.3. The lowest BCUT2D eigenvalue weighted by Crippen LogP contribution is -2.37. The third-order valence-corrected chi connectivity index (χ3v) is 8.98. The van der Waals surface area contributed by atoms with Gasteiger partial charge in [-0.25, -0.2) is 18.4 Å². The molecule has 1 aromatic carbocycles. The van der Waals surface area contributed by atoms with Crippen molar-refractivity contribution in [1.29, 1.82) is 0 Å². The van der Waals surface area contributed by atoms with Crippen molar-refractivity contribution in [1.82, 2.24) is 14.3 Å². The van der Waals surface area contributed by atoms with Crippen LogP contribution in [0, 0.1) is 0 Å². The van der Waals surface area contributed by atoms with Gasteiger partial charge in [-0.15, -0.1) is 0 Å². The number of anilines is 1. The van der Waals surface area contributed by atoms with Gasteiger partial charge in [0.25, 0.3) is 0 Å². The smallest absolute Gasteiger partial charge is 0.243 e. The Kier molecular flexibility index (Phi) is 5.97. The number of rotatable bonds is 4. The van der Waals surface area contributed by atoms with E-state index in [2.05, 4.69) is 9.88 Å². The second kappa shape index (κ2) is 8.87. The number of benzene rings is 1. The minimum atomic E-state index is -3.52. The van der Waals surface area contributed by atoms with Crippen molar-refractivity contribution in [3.8, 4) is 0 Å². The van der Waals surface area contributed by atoms with Gasteiger partial charge in [-0.2, -0.15) is 4.31 Å². The molecule has 2 aliphatic heterocycles. The first-order valence-corrected chi connectivity index (χ1v) is 13.2. The summed E-state index contributed by atoms with van der Waals surface area (Å²) in [5.41, 5.74) is 3.20. The Balaban J connectivity index is 1.30. The fourth-order valence-electron chi connectivity index (χ4n) is 5.23. The molecule has 6 nitrogen and oxygen atoms in total. The first kappa shape index (κ1) is 20.9. The van der Waals surface area contributed by atoms with Crippen LogP contribution in [0.5, 0.6) is 0 Å². The van der Waals surface area contributed by atoms with Crippen LogP contribution in [0.4, 0.5) is 5.95 Å². The molecule has 166 valence electrons. The summed E-state index contributed by atoms with van der Waals surface area (Å²) in [6.07, 6.45) is 12.4. The highest BCUT2D eigenvalue weighted by molar-refractivity contribution is 7.89. The monoisotopic (exact) mass is 440 g/mol. The molecule has 3 aliphatic rings. The van der Waals surface area contributed by atoms with Gasteiger partial charge < -0.3 is 4.90 Å². The number of sulfonamides is 1. The quantitative estimate of drug-likeness (QED) is 0.711. The summed E-state index contributed by atoms with van der Waals surface area (Å²) < 4.78 is 28.1. The summed E-state index contributed by atoms with van der Waals surface area (Å²) in [4.78, 5) is 12.0. The van der Waals surface area contributed by atoms with Gasteiger partial charge in [0.2, 0.25) is 16.0 Å². The van der Waals surface area contributed by atoms with Crippen LogP contribution in [0.1, 0.15) is 74.1 Å². The van der Waals surface area contributed by atoms with Crippen molar-refractivity contribution < 1.29 is 8.42 Å². The van der Waals surface area contributed by atoms with Gasteiger partial charge in [-0.1, -0.05) is 31.4 Å². The van der Waals surface area contributed by atoms with Crippen molar-refractivity contribution in [2.45, 2.75) is 75.1 Å². The molecule has 31 heavy (non-hydrogen) atoms. The predicted molar refractivity (Wildman–Crippen MR) is 122 cm³/mol. The molecular weight excluding hydrogens is 408 g/mol. The molecule has 0 spiro atoms. The highest BCUT2D eigenvalue weighted by atomic mass is 32.2. The van der Waals surface area contributed by atoms with Crippen molar-refractivity contribution in [2.75, 3.05) is 24.5 Å². The Bertz CT molecular complexity index is 1010. The summed E-state index contributed by atoms with van der Waals surface area (Å²) in [6.45, 7) is 2.84. The molecule has 0 radical (unpaired) electrons. The standard InChI is InChI=1S/C24H32N4O2S/c29-31(30,22-11-9-20(10-12-22)19-7-3-1-4-8-19)28-16-13-23-21(18-28)17-25-24(26-23)27-14-5-2-6-15-27/h9-12,17,19H,1-8,13-16,18H2. The number of piperidine rings is 1. The normalized spacial score (nSPS) is 21.1. The van der Waals surface area contributed by atoms with Crippen LogP contribution in [0.2, 0.25) is 0 Å². The minimum Gasteiger partial charge on any atom is -0.341 e. The Labute approximate surface area is 185 Å². The van der Waals surface area contributed by atoms with Gasteiger partial charge in [0, 0.05) is 44.4 Å². The number of hydrogen-bond acceptors (Lipinski definition) is 5. The van der Waals surface area contributed by atoms with Gasteiger partial charge >= 0.3 is 0 Å². The second-order valence-corrected chi connectivity index (χ2v) is 11.1. The van der Waals surface area contributed by atoms with E-state index in [4.69, 9.17) is 4.98 Å². The third-order valence-electron chi connectivity index (χ3n) is 7.12. The molecule has 2 aromatic rings. The number of aromatic nitrogens is 2. The summed E-state index contributed by atoms with van der Waals surface area (Å²) in [5, 5.41) is 0. The maximum atomic E-state index is 13.3. The van der Waals surface area contributed by atoms with Crippen LogP contribution >= 0.6 is 0 Å². The summed E-state index contributed by atoms with van der Waals surface area (Å²) in [7, 11) is -3.52. The van der Waals surface area contributed by atoms with E-state index in [-0.39, 0.29) is 0 Å². The first-order valence-electron chi connectivity index (χ1n) is 11.8. The highest BCUT2D eigenvalue weighted by Gasteiger charge is 2.30. The van der Waals surface area contributed by atoms with Crippen LogP contribution in [-0.2, 0) is 23.0 Å². The van der Waals surface area contributed by atoms with Crippen LogP contribution in [-0.4, -0.2) is 42.3 Å². The molecule has 0 amide bonds. The average Bonchev–Trinajstić information content (AvgIpc) is 2.84. The zero-order valence-electron chi connectivity index (χ0n) is 18.2. The number of hydrogen-bond donors (Lipinski definition) is 0. The van der Waals surface area contributed by atoms with E-state index < -0.39 is 10.0 Å². The molecule has 1 saturated heterocycles. The maximum absolute atomic E-state index is 13.3. The number of fused-ring (bicyclic) bond motifs is 1. The predicted octanol–water partition coefficient (Wildman–Crippen LogP) is 4.26. The third kappa shape index (κ3) is 4.35. The van der Waals surface area contributed by atoms with Crippen LogP contribution in [0.3, 0.4) is 0 Å². The molecule has 5 rings (SSSR count). The molecule has 0 atom stereocenters. The van der Waals surface area contributed by atoms with E-state index in [0.717, 1.165) is 30.3 Å². The van der Waals surface area contributed by atoms with E-state index in [1.165, 1.54) is 56.9 Å². The summed E-state index contributed by atoms with van der Waals surface area (Å²) in [5.74, 6) is 1.38. The first-order chi connectivity index (χ1) is 15.1. The maximum Gasteiger partial charge on any atom is 0.243 e. The second-order valence-electron chi connectivity index (χ2n) is 9.18. The van der Waals surface area contributed by atoms with E-state index in [0.29, 0.717) is 30.3 Å². The lowest BCUT2D eigenvalue weighted by atomic mass is 9.84. The SMILES string of the molecule is O=S(=O)(c1ccc(C2CCCCC2)cc1)N1CCc2nc(N3CCCCC3)ncc2C1. The van der Waals surface area contributed by atoms with Crippen LogP contribution in [0.15, 0.2) is 35.4 Å². The Morgan fingerprint density at radius 3 is 2.32 bits per heavy atom. The zero-order valence-corrected chi connectivity index (χ0v) is 19.0. The van der Waals surface area contributed by atoms with E-state index >= 15 is 0 Å². The molecule has 2 fully saturated rings. The van der Waals surface area contributed by atoms with E-state index in [9.17, 15) is 8.42 Å². The van der Waals surface area contributed by atoms with Crippen molar-refractivity contribution >= 4 is 16.0 Å². The topological polar surface area (TPSA) is 66.4 Å². The van der Waals surface area contributed by atoms with Gasteiger partial charge in [0.15, 0.2) is 0 Å². The van der Waals surface area contributed by atoms with E-state index in [1.807, 2.05) is 18.3 Å². The lowest BCUT2D eigenvalue weighted by Gasteiger charge is -2.30. The van der Waals surface area contributed by atoms with Gasteiger partial charge in [-0.05, 0) is 55.7 Å². The minimum absolute atomic E-state index is 0.350. The fourth-order valence-corrected chi connectivity index (χ4v) is 6.65. The fraction of sp³-hybridized carbons (Fsp3) is 0.583. The van der Waals surface area contributed by atoms with Gasteiger partial charge in [-0.3, -0.25) is 0 Å². The van der Waals surface area contributed by atoms with Gasteiger partial charge in [0.05, 0.1) is 10.6 Å². The summed E-state index contributed by atoms with van der Waals surface area (Å²) in [6, 6.07) is 7.64. The molecule has 0 N–H and O–H groups in total. The average molecular weight is 441 g/mol. The summed E-state index contributed by atoms with van der Waals surface area (Å²) >= 11 is 0. The molecular formula is C24H32N4O2S. The highest BCUT2D eigenvalue weighted by Crippen LogP contribution is 2.33.